The standard InChI is InChI=1S/C16H23N5O3S/c1-20(2)10-11-21-9-8-15(18-21)16(22)17-12-13-4-6-14(7-5-13)19-25(3,23)24/h4-9,19H,10-12H2,1-3H3,(H,17,22). The molecule has 0 fully saturated rings. The Hall–Kier alpha value is -2.39. The smallest absolute Gasteiger partial charge is 0.272 e. The van der Waals surface area contributed by atoms with Crippen LogP contribution in [0.2, 0.25) is 0 Å². The molecule has 0 radical (unpaired) electrons. The van der Waals surface area contributed by atoms with E-state index in [4.69, 9.17) is 0 Å². The lowest BCUT2D eigenvalue weighted by Gasteiger charge is -2.08. The number of hydrogen-bond donors (Lipinski definition) is 2. The van der Waals surface area contributed by atoms with Gasteiger partial charge in [-0.25, -0.2) is 8.42 Å². The highest BCUT2D eigenvalue weighted by Gasteiger charge is 2.09. The van der Waals surface area contributed by atoms with Crippen molar-refractivity contribution in [1.82, 2.24) is 20.0 Å². The first kappa shape index (κ1) is 18.9. The number of sulfonamides is 1. The molecule has 2 N–H and O–H groups in total. The van der Waals surface area contributed by atoms with Crippen molar-refractivity contribution < 1.29 is 13.2 Å². The first-order valence-corrected chi connectivity index (χ1v) is 9.65. The molecule has 0 atom stereocenters. The fourth-order valence-corrected chi connectivity index (χ4v) is 2.65. The molecule has 0 unspecified atom stereocenters. The Labute approximate surface area is 147 Å². The lowest BCUT2D eigenvalue weighted by molar-refractivity contribution is 0.0945. The van der Waals surface area contributed by atoms with Crippen LogP contribution in [0.5, 0.6) is 0 Å². The van der Waals surface area contributed by atoms with Crippen LogP contribution in [0.15, 0.2) is 36.5 Å². The van der Waals surface area contributed by atoms with Crippen LogP contribution < -0.4 is 10.0 Å². The molecule has 1 amide bonds. The van der Waals surface area contributed by atoms with E-state index in [-0.39, 0.29) is 5.91 Å². The SMILES string of the molecule is CN(C)CCn1ccc(C(=O)NCc2ccc(NS(C)(=O)=O)cc2)n1. The fourth-order valence-electron chi connectivity index (χ4n) is 2.09. The first-order chi connectivity index (χ1) is 11.7. The van der Waals surface area contributed by atoms with Gasteiger partial charge in [0, 0.05) is 25.0 Å². The lowest BCUT2D eigenvalue weighted by atomic mass is 10.2. The van der Waals surface area contributed by atoms with Gasteiger partial charge in [-0.15, -0.1) is 0 Å². The third-order valence-corrected chi connectivity index (χ3v) is 3.97. The van der Waals surface area contributed by atoms with Crippen LogP contribution >= 0.6 is 0 Å². The second-order valence-corrected chi connectivity index (χ2v) is 7.77. The van der Waals surface area contributed by atoms with Gasteiger partial charge in [-0.2, -0.15) is 5.10 Å². The molecule has 1 aromatic carbocycles. The second-order valence-electron chi connectivity index (χ2n) is 6.02. The van der Waals surface area contributed by atoms with Crippen molar-refractivity contribution in [3.63, 3.8) is 0 Å². The van der Waals surface area contributed by atoms with Gasteiger partial charge in [0.1, 0.15) is 5.69 Å². The number of carbonyl (C=O) groups is 1. The summed E-state index contributed by atoms with van der Waals surface area (Å²) in [6.45, 7) is 1.90. The highest BCUT2D eigenvalue weighted by Crippen LogP contribution is 2.11. The van der Waals surface area contributed by atoms with E-state index in [0.29, 0.717) is 17.9 Å². The lowest BCUT2D eigenvalue weighted by Crippen LogP contribution is -2.24. The number of nitrogens with zero attached hydrogens (tertiary/aromatic N) is 3. The maximum absolute atomic E-state index is 12.1. The molecule has 136 valence electrons. The zero-order chi connectivity index (χ0) is 18.4. The van der Waals surface area contributed by atoms with Crippen LogP contribution in [0.25, 0.3) is 0 Å². The van der Waals surface area contributed by atoms with E-state index in [1.165, 1.54) is 0 Å². The Morgan fingerprint density at radius 3 is 2.48 bits per heavy atom. The molecule has 1 heterocycles. The van der Waals surface area contributed by atoms with Crippen LogP contribution in [0.4, 0.5) is 5.69 Å². The summed E-state index contributed by atoms with van der Waals surface area (Å²) in [5.74, 6) is -0.248. The topological polar surface area (TPSA) is 96.3 Å². The third-order valence-electron chi connectivity index (χ3n) is 3.36. The molecule has 1 aromatic heterocycles. The number of aromatic nitrogens is 2. The molecule has 2 aromatic rings. The van der Waals surface area contributed by atoms with Crippen molar-refractivity contribution in [2.24, 2.45) is 0 Å². The normalized spacial score (nSPS) is 11.5. The van der Waals surface area contributed by atoms with Crippen molar-refractivity contribution in [1.29, 1.82) is 0 Å². The van der Waals surface area contributed by atoms with Gasteiger partial charge in [0.05, 0.1) is 12.8 Å². The molecule has 25 heavy (non-hydrogen) atoms. The Bertz CT molecular complexity index is 813. The van der Waals surface area contributed by atoms with Crippen molar-refractivity contribution in [2.45, 2.75) is 13.1 Å². The number of carbonyl (C=O) groups excluding carboxylic acids is 1. The zero-order valence-corrected chi connectivity index (χ0v) is 15.4. The number of anilines is 1. The molecule has 0 aliphatic rings. The zero-order valence-electron chi connectivity index (χ0n) is 14.6. The summed E-state index contributed by atoms with van der Waals surface area (Å²) >= 11 is 0. The molecule has 2 rings (SSSR count). The minimum absolute atomic E-state index is 0.248. The van der Waals surface area contributed by atoms with Crippen molar-refractivity contribution in [3.8, 4) is 0 Å². The minimum Gasteiger partial charge on any atom is -0.347 e. The van der Waals surface area contributed by atoms with E-state index in [1.807, 2.05) is 19.0 Å². The average molecular weight is 365 g/mol. The molecule has 0 bridgehead atoms. The summed E-state index contributed by atoms with van der Waals surface area (Å²) in [5.41, 5.74) is 1.71. The van der Waals surface area contributed by atoms with Gasteiger partial charge in [0.15, 0.2) is 0 Å². The average Bonchev–Trinajstić information content (AvgIpc) is 2.99. The van der Waals surface area contributed by atoms with Gasteiger partial charge in [-0.1, -0.05) is 12.1 Å². The van der Waals surface area contributed by atoms with Gasteiger partial charge in [-0.3, -0.25) is 14.2 Å². The predicted molar refractivity (Wildman–Crippen MR) is 96.9 cm³/mol. The number of benzene rings is 1. The van der Waals surface area contributed by atoms with Crippen LogP contribution in [0.1, 0.15) is 16.1 Å². The monoisotopic (exact) mass is 365 g/mol. The molecule has 8 nitrogen and oxygen atoms in total. The summed E-state index contributed by atoms with van der Waals surface area (Å²) in [6, 6.07) is 8.49. The van der Waals surface area contributed by atoms with Gasteiger partial charge in [0.25, 0.3) is 5.91 Å². The summed E-state index contributed by atoms with van der Waals surface area (Å²) in [7, 11) is 0.667. The number of rotatable bonds is 8. The molecule has 0 saturated carbocycles. The van der Waals surface area contributed by atoms with E-state index in [0.717, 1.165) is 24.9 Å². The molecule has 0 spiro atoms. The largest absolute Gasteiger partial charge is 0.347 e. The molecule has 9 heteroatoms. The van der Waals surface area contributed by atoms with Crippen molar-refractivity contribution in [2.75, 3.05) is 31.6 Å². The number of likely N-dealkylation sites (N-methyl/N-ethyl adjacent to an activating group) is 1. The Morgan fingerprint density at radius 2 is 1.88 bits per heavy atom. The van der Waals surface area contributed by atoms with Crippen molar-refractivity contribution >= 4 is 21.6 Å². The highest BCUT2D eigenvalue weighted by atomic mass is 32.2. The van der Waals surface area contributed by atoms with E-state index >= 15 is 0 Å². The summed E-state index contributed by atoms with van der Waals surface area (Å²) in [6.07, 6.45) is 2.88. The van der Waals surface area contributed by atoms with E-state index in [1.54, 1.807) is 41.2 Å². The third kappa shape index (κ3) is 6.55. The van der Waals surface area contributed by atoms with E-state index in [9.17, 15) is 13.2 Å². The maximum Gasteiger partial charge on any atom is 0.272 e. The van der Waals surface area contributed by atoms with Gasteiger partial charge in [0.2, 0.25) is 10.0 Å². The number of nitrogens with one attached hydrogen (secondary N) is 2. The molecule has 0 aliphatic carbocycles. The molecular weight excluding hydrogens is 342 g/mol. The molecule has 0 aliphatic heterocycles. The molecule has 0 saturated heterocycles. The van der Waals surface area contributed by atoms with Gasteiger partial charge in [-0.05, 0) is 37.9 Å². The van der Waals surface area contributed by atoms with Crippen molar-refractivity contribution in [3.05, 3.63) is 47.8 Å². The van der Waals surface area contributed by atoms with Gasteiger partial charge >= 0.3 is 0 Å². The summed E-state index contributed by atoms with van der Waals surface area (Å²) < 4.78 is 26.5. The Kier molecular flexibility index (Phi) is 6.16. The van der Waals surface area contributed by atoms with Crippen LogP contribution in [-0.2, 0) is 23.1 Å². The quantitative estimate of drug-likeness (QED) is 0.719. The van der Waals surface area contributed by atoms with Gasteiger partial charge < -0.3 is 10.2 Å². The van der Waals surface area contributed by atoms with Crippen LogP contribution in [-0.4, -0.2) is 55.9 Å². The van der Waals surface area contributed by atoms with E-state index < -0.39 is 10.0 Å². The maximum atomic E-state index is 12.1. The second kappa shape index (κ2) is 8.13. The Morgan fingerprint density at radius 1 is 1.20 bits per heavy atom. The summed E-state index contributed by atoms with van der Waals surface area (Å²) in [5, 5.41) is 7.05. The fraction of sp³-hybridized carbons (Fsp3) is 0.375. The van der Waals surface area contributed by atoms with Crippen LogP contribution in [0, 0.1) is 0 Å². The van der Waals surface area contributed by atoms with Crippen LogP contribution in [0.3, 0.4) is 0 Å². The number of amides is 1. The molecular formula is C16H23N5O3S. The minimum atomic E-state index is -3.29. The predicted octanol–water partition coefficient (Wildman–Crippen LogP) is 0.746. The Balaban J connectivity index is 1.87. The van der Waals surface area contributed by atoms with E-state index in [2.05, 4.69) is 15.1 Å². The first-order valence-electron chi connectivity index (χ1n) is 7.76. The number of hydrogen-bond acceptors (Lipinski definition) is 5. The summed E-state index contributed by atoms with van der Waals surface area (Å²) in [4.78, 5) is 14.2. The highest BCUT2D eigenvalue weighted by molar-refractivity contribution is 7.92.